The maximum absolute atomic E-state index is 9.88. The molecule has 0 atom stereocenters. The molecule has 1 radical (unpaired) electrons. The Kier molecular flexibility index (Phi) is 2.85. The van der Waals surface area contributed by atoms with Crippen LogP contribution in [0.25, 0.3) is 0 Å². The summed E-state index contributed by atoms with van der Waals surface area (Å²) in [6.07, 6.45) is 0. The van der Waals surface area contributed by atoms with Crippen LogP contribution < -0.4 is 5.32 Å². The van der Waals surface area contributed by atoms with Crippen LogP contribution in [0.2, 0.25) is 0 Å². The molecular weight excluding hydrogens is 101 g/mol. The van der Waals surface area contributed by atoms with Gasteiger partial charge in [0.2, 0.25) is 5.91 Å². The van der Waals surface area contributed by atoms with Gasteiger partial charge in [-0.1, -0.05) is 0 Å². The van der Waals surface area contributed by atoms with Crippen LogP contribution in [0.3, 0.4) is 0 Å². The number of alkyl halides is 1. The Balaban J connectivity index is 2.99. The first-order valence-corrected chi connectivity index (χ1v) is 1.96. The highest BCUT2D eigenvalue weighted by Crippen LogP contribution is 1.69. The van der Waals surface area contributed by atoms with Gasteiger partial charge in [-0.05, 0) is 0 Å². The lowest BCUT2D eigenvalue weighted by Gasteiger charge is -1.85. The quantitative estimate of drug-likeness (QED) is 0.473. The van der Waals surface area contributed by atoms with Crippen molar-refractivity contribution in [3.8, 4) is 0 Å². The Morgan fingerprint density at radius 2 is 2.50 bits per heavy atom. The van der Waals surface area contributed by atoms with Crippen molar-refractivity contribution in [3.05, 3.63) is 7.05 Å². The number of hydrogen-bond acceptors (Lipinski definition) is 1. The highest BCUT2D eigenvalue weighted by Gasteiger charge is 1.87. The molecule has 0 aromatic rings. The molecule has 1 amide bonds. The molecule has 3 heteroatoms. The molecule has 0 unspecified atom stereocenters. The van der Waals surface area contributed by atoms with Crippen LogP contribution in [0.15, 0.2) is 0 Å². The van der Waals surface area contributed by atoms with Crippen molar-refractivity contribution >= 4 is 17.5 Å². The van der Waals surface area contributed by atoms with Crippen LogP contribution in [0.5, 0.6) is 0 Å². The number of carbonyl (C=O) groups excluding carboxylic acids is 1. The van der Waals surface area contributed by atoms with E-state index in [4.69, 9.17) is 11.6 Å². The summed E-state index contributed by atoms with van der Waals surface area (Å²) in [4.78, 5) is 9.88. The minimum Gasteiger partial charge on any atom is -0.353 e. The third-order valence-electron chi connectivity index (χ3n) is 0.319. The molecule has 0 spiro atoms. The number of carbonyl (C=O) groups is 1. The van der Waals surface area contributed by atoms with Gasteiger partial charge in [0.25, 0.3) is 0 Å². The summed E-state index contributed by atoms with van der Waals surface area (Å²) in [5.74, 6) is -0.264. The van der Waals surface area contributed by atoms with E-state index >= 15 is 0 Å². The minimum absolute atomic E-state index is 0.0104. The Morgan fingerprint density at radius 3 is 2.50 bits per heavy atom. The summed E-state index contributed by atoms with van der Waals surface area (Å²) < 4.78 is 0. The van der Waals surface area contributed by atoms with E-state index in [0.29, 0.717) is 0 Å². The van der Waals surface area contributed by atoms with Crippen molar-refractivity contribution in [1.29, 1.82) is 0 Å². The molecule has 0 bridgehead atoms. The lowest BCUT2D eigenvalue weighted by molar-refractivity contribution is -0.117. The molecule has 0 saturated carbocycles. The number of halogens is 1. The van der Waals surface area contributed by atoms with Gasteiger partial charge in [-0.3, -0.25) is 4.79 Å². The first-order chi connectivity index (χ1) is 2.81. The average Bonchev–Trinajstić information content (AvgIpc) is 1.65. The van der Waals surface area contributed by atoms with Crippen molar-refractivity contribution in [2.75, 3.05) is 5.88 Å². The number of nitrogens with one attached hydrogen (secondary N) is 1. The maximum Gasteiger partial charge on any atom is 0.234 e. The molecule has 0 aromatic carbocycles. The van der Waals surface area contributed by atoms with Gasteiger partial charge in [0.15, 0.2) is 0 Å². The highest BCUT2D eigenvalue weighted by molar-refractivity contribution is 6.27. The van der Waals surface area contributed by atoms with Gasteiger partial charge in [-0.15, -0.1) is 11.6 Å². The zero-order chi connectivity index (χ0) is 4.99. The van der Waals surface area contributed by atoms with E-state index < -0.39 is 0 Å². The molecule has 2 nitrogen and oxygen atoms in total. The largest absolute Gasteiger partial charge is 0.353 e. The molecule has 0 rings (SSSR count). The highest BCUT2D eigenvalue weighted by atomic mass is 35.5. The van der Waals surface area contributed by atoms with Gasteiger partial charge in [0.1, 0.15) is 5.88 Å². The van der Waals surface area contributed by atoms with E-state index in [1.165, 1.54) is 0 Å². The Labute approximate surface area is 41.5 Å². The fourth-order valence-corrected chi connectivity index (χ4v) is 0.142. The van der Waals surface area contributed by atoms with E-state index in [0.717, 1.165) is 0 Å². The van der Waals surface area contributed by atoms with E-state index in [2.05, 4.69) is 12.4 Å². The molecule has 0 saturated heterocycles. The van der Waals surface area contributed by atoms with Gasteiger partial charge in [-0.2, -0.15) is 0 Å². The van der Waals surface area contributed by atoms with Gasteiger partial charge in [-0.25, -0.2) is 0 Å². The second kappa shape index (κ2) is 2.97. The summed E-state index contributed by atoms with van der Waals surface area (Å²) in [7, 11) is 3.07. The molecule has 1 N–H and O–H groups in total. The fourth-order valence-electron chi connectivity index (χ4n) is 0.0472. The van der Waals surface area contributed by atoms with E-state index in [1.807, 2.05) is 0 Å². The van der Waals surface area contributed by atoms with Crippen molar-refractivity contribution in [1.82, 2.24) is 5.32 Å². The van der Waals surface area contributed by atoms with E-state index in [-0.39, 0.29) is 11.8 Å². The zero-order valence-electron chi connectivity index (χ0n) is 3.20. The van der Waals surface area contributed by atoms with Crippen molar-refractivity contribution in [2.24, 2.45) is 0 Å². The molecule has 0 aliphatic rings. The second-order valence-corrected chi connectivity index (χ2v) is 1.00. The first kappa shape index (κ1) is 5.76. The Bertz CT molecular complexity index is 48.8. The molecule has 0 aromatic heterocycles. The predicted octanol–water partition coefficient (Wildman–Crippen LogP) is 0.133. The van der Waals surface area contributed by atoms with E-state index in [1.54, 1.807) is 0 Å². The fraction of sp³-hybridized carbons (Fsp3) is 0.333. The SMILES string of the molecule is [CH2]NC(=O)CCl. The van der Waals surface area contributed by atoms with Gasteiger partial charge < -0.3 is 5.32 Å². The van der Waals surface area contributed by atoms with Crippen LogP contribution in [0, 0.1) is 7.05 Å². The molecule has 0 fully saturated rings. The summed E-state index contributed by atoms with van der Waals surface area (Å²) >= 11 is 5.00. The van der Waals surface area contributed by atoms with Crippen LogP contribution in [0.1, 0.15) is 0 Å². The summed E-state index contributed by atoms with van der Waals surface area (Å²) in [6.45, 7) is 0. The molecule has 6 heavy (non-hydrogen) atoms. The van der Waals surface area contributed by atoms with Gasteiger partial charge in [0, 0.05) is 7.05 Å². The standard InChI is InChI=1S/C3H5ClNO/c1-5-3(6)2-4/h1-2H2,(H,5,6). The van der Waals surface area contributed by atoms with Crippen molar-refractivity contribution in [2.45, 2.75) is 0 Å². The van der Waals surface area contributed by atoms with Gasteiger partial charge >= 0.3 is 0 Å². The van der Waals surface area contributed by atoms with Crippen LogP contribution in [0.4, 0.5) is 0 Å². The second-order valence-electron chi connectivity index (χ2n) is 0.734. The molecule has 35 valence electrons. The minimum atomic E-state index is -0.253. The Morgan fingerprint density at radius 1 is 2.00 bits per heavy atom. The van der Waals surface area contributed by atoms with Crippen molar-refractivity contribution in [3.63, 3.8) is 0 Å². The average molecular weight is 107 g/mol. The van der Waals surface area contributed by atoms with Crippen LogP contribution in [-0.4, -0.2) is 11.8 Å². The van der Waals surface area contributed by atoms with Crippen LogP contribution >= 0.6 is 11.6 Å². The normalized spacial score (nSPS) is 7.67. The molecular formula is C3H5ClNO. The third kappa shape index (κ3) is 2.03. The molecule has 0 aliphatic heterocycles. The molecule has 0 heterocycles. The number of amides is 1. The number of rotatable bonds is 1. The zero-order valence-corrected chi connectivity index (χ0v) is 3.96. The smallest absolute Gasteiger partial charge is 0.234 e. The summed E-state index contributed by atoms with van der Waals surface area (Å²) in [5.41, 5.74) is 0. The molecule has 0 aliphatic carbocycles. The first-order valence-electron chi connectivity index (χ1n) is 1.43. The third-order valence-corrected chi connectivity index (χ3v) is 0.561. The monoisotopic (exact) mass is 106 g/mol. The van der Waals surface area contributed by atoms with Gasteiger partial charge in [0.05, 0.1) is 0 Å². The summed E-state index contributed by atoms with van der Waals surface area (Å²) in [6, 6.07) is 0. The van der Waals surface area contributed by atoms with E-state index in [9.17, 15) is 4.79 Å². The topological polar surface area (TPSA) is 29.1 Å². The predicted molar refractivity (Wildman–Crippen MR) is 24.2 cm³/mol. The lowest BCUT2D eigenvalue weighted by Crippen LogP contribution is -2.15. The lowest BCUT2D eigenvalue weighted by atomic mass is 10.7. The van der Waals surface area contributed by atoms with Crippen molar-refractivity contribution < 1.29 is 4.79 Å². The Hall–Kier alpha value is -0.240. The maximum atomic E-state index is 9.88. The number of hydrogen-bond donors (Lipinski definition) is 1. The van der Waals surface area contributed by atoms with Crippen LogP contribution in [-0.2, 0) is 4.79 Å². The summed E-state index contributed by atoms with van der Waals surface area (Å²) in [5, 5.41) is 2.09.